The molecule has 4 N–H and O–H groups in total. The Bertz CT molecular complexity index is 1180. The molecular weight excluding hydrogens is 348 g/mol. The quantitative estimate of drug-likeness (QED) is 0.440. The average molecular weight is 366 g/mol. The Labute approximate surface area is 153 Å². The molecule has 2 aromatic carbocycles. The SMILES string of the molecule is CNC(C)c1ccc(-c2c(O)cc(O)c3[nH]c(=O)c4sccc4c23)cc1. The number of thiophene rings is 1. The zero-order valence-electron chi connectivity index (χ0n) is 14.3. The van der Waals surface area contributed by atoms with Gasteiger partial charge in [-0.3, -0.25) is 4.79 Å². The van der Waals surface area contributed by atoms with Crippen LogP contribution in [0.1, 0.15) is 18.5 Å². The van der Waals surface area contributed by atoms with E-state index in [-0.39, 0.29) is 23.1 Å². The molecule has 1 atom stereocenters. The maximum atomic E-state index is 12.3. The summed E-state index contributed by atoms with van der Waals surface area (Å²) in [6, 6.07) is 11.2. The molecule has 0 saturated heterocycles. The van der Waals surface area contributed by atoms with Gasteiger partial charge < -0.3 is 20.5 Å². The van der Waals surface area contributed by atoms with Crippen LogP contribution < -0.4 is 10.9 Å². The van der Waals surface area contributed by atoms with Gasteiger partial charge in [-0.2, -0.15) is 0 Å². The van der Waals surface area contributed by atoms with E-state index in [0.29, 0.717) is 21.2 Å². The lowest BCUT2D eigenvalue weighted by atomic mass is 9.95. The first-order valence-electron chi connectivity index (χ1n) is 8.27. The van der Waals surface area contributed by atoms with Crippen molar-refractivity contribution in [2.45, 2.75) is 13.0 Å². The number of nitrogens with one attached hydrogen (secondary N) is 2. The molecule has 0 spiro atoms. The molecular formula is C20H18N2O3S. The number of hydrogen-bond acceptors (Lipinski definition) is 5. The third-order valence-electron chi connectivity index (χ3n) is 4.80. The van der Waals surface area contributed by atoms with E-state index in [1.165, 1.54) is 17.4 Å². The first kappa shape index (κ1) is 16.6. The fourth-order valence-corrected chi connectivity index (χ4v) is 4.10. The number of aromatic nitrogens is 1. The highest BCUT2D eigenvalue weighted by molar-refractivity contribution is 7.17. The van der Waals surface area contributed by atoms with Gasteiger partial charge in [0.2, 0.25) is 0 Å². The topological polar surface area (TPSA) is 85.3 Å². The Morgan fingerprint density at radius 2 is 1.85 bits per heavy atom. The maximum absolute atomic E-state index is 12.3. The Balaban J connectivity index is 2.06. The number of aromatic amines is 1. The molecule has 0 bridgehead atoms. The predicted molar refractivity (Wildman–Crippen MR) is 106 cm³/mol. The van der Waals surface area contributed by atoms with Crippen molar-refractivity contribution in [1.82, 2.24) is 10.3 Å². The first-order chi connectivity index (χ1) is 12.5. The van der Waals surface area contributed by atoms with Crippen molar-refractivity contribution in [2.75, 3.05) is 7.05 Å². The second-order valence-corrected chi connectivity index (χ2v) is 7.21. The van der Waals surface area contributed by atoms with Gasteiger partial charge >= 0.3 is 0 Å². The molecule has 0 aliphatic carbocycles. The molecule has 1 unspecified atom stereocenters. The van der Waals surface area contributed by atoms with Crippen molar-refractivity contribution in [2.24, 2.45) is 0 Å². The molecule has 132 valence electrons. The van der Waals surface area contributed by atoms with Gasteiger partial charge in [0.05, 0.1) is 5.52 Å². The maximum Gasteiger partial charge on any atom is 0.266 e. The zero-order chi connectivity index (χ0) is 18.4. The molecule has 0 aliphatic rings. The van der Waals surface area contributed by atoms with Crippen LogP contribution in [-0.4, -0.2) is 22.2 Å². The molecule has 5 nitrogen and oxygen atoms in total. The van der Waals surface area contributed by atoms with Gasteiger partial charge in [0.1, 0.15) is 16.2 Å². The number of hydrogen-bond donors (Lipinski definition) is 4. The Hall–Kier alpha value is -2.83. The Morgan fingerprint density at radius 1 is 1.12 bits per heavy atom. The standard InChI is InChI=1S/C20H18N2O3S/c1-10(21-2)11-3-5-12(6-4-11)16-14(23)9-15(24)18-17(16)13-7-8-26-19(13)20(25)22-18/h3-10,21,23-24H,1-2H3,(H,22,25). The predicted octanol–water partition coefficient (Wildman–Crippen LogP) is 4.10. The molecule has 0 radical (unpaired) electrons. The summed E-state index contributed by atoms with van der Waals surface area (Å²) in [5.41, 5.74) is 2.64. The summed E-state index contributed by atoms with van der Waals surface area (Å²) >= 11 is 1.34. The molecule has 4 rings (SSSR count). The number of rotatable bonds is 3. The summed E-state index contributed by atoms with van der Waals surface area (Å²) < 4.78 is 0.573. The molecule has 0 fully saturated rings. The lowest BCUT2D eigenvalue weighted by Gasteiger charge is -2.14. The Kier molecular flexibility index (Phi) is 3.94. The fraction of sp³-hybridized carbons (Fsp3) is 0.150. The van der Waals surface area contributed by atoms with Crippen molar-refractivity contribution in [3.05, 3.63) is 57.7 Å². The third-order valence-corrected chi connectivity index (χ3v) is 5.71. The van der Waals surface area contributed by atoms with E-state index in [9.17, 15) is 15.0 Å². The van der Waals surface area contributed by atoms with Crippen LogP contribution in [0.5, 0.6) is 11.5 Å². The van der Waals surface area contributed by atoms with E-state index in [4.69, 9.17) is 0 Å². The van der Waals surface area contributed by atoms with Gasteiger partial charge in [-0.1, -0.05) is 24.3 Å². The number of phenolic OH excluding ortho intramolecular Hbond substituents is 2. The van der Waals surface area contributed by atoms with E-state index in [1.54, 1.807) is 0 Å². The Morgan fingerprint density at radius 3 is 2.54 bits per heavy atom. The molecule has 2 aromatic heterocycles. The summed E-state index contributed by atoms with van der Waals surface area (Å²) in [4.78, 5) is 15.0. The van der Waals surface area contributed by atoms with Gasteiger partial charge in [0.25, 0.3) is 5.56 Å². The van der Waals surface area contributed by atoms with Crippen molar-refractivity contribution in [1.29, 1.82) is 0 Å². The first-order valence-corrected chi connectivity index (χ1v) is 9.15. The number of benzene rings is 2. The molecule has 6 heteroatoms. The molecule has 0 aliphatic heterocycles. The number of H-pyrrole nitrogens is 1. The van der Waals surface area contributed by atoms with Crippen LogP contribution in [0.2, 0.25) is 0 Å². The zero-order valence-corrected chi connectivity index (χ0v) is 15.1. The van der Waals surface area contributed by atoms with Crippen LogP contribution in [0, 0.1) is 0 Å². The lowest BCUT2D eigenvalue weighted by Crippen LogP contribution is -2.11. The third kappa shape index (κ3) is 2.46. The van der Waals surface area contributed by atoms with Crippen molar-refractivity contribution in [3.8, 4) is 22.6 Å². The van der Waals surface area contributed by atoms with Crippen LogP contribution in [0.4, 0.5) is 0 Å². The minimum atomic E-state index is -0.243. The van der Waals surface area contributed by atoms with Gasteiger partial charge in [-0.15, -0.1) is 11.3 Å². The number of fused-ring (bicyclic) bond motifs is 3. The second kappa shape index (κ2) is 6.16. The molecule has 2 heterocycles. The lowest BCUT2D eigenvalue weighted by molar-refractivity contribution is 0.455. The van der Waals surface area contributed by atoms with Crippen molar-refractivity contribution in [3.63, 3.8) is 0 Å². The molecule has 26 heavy (non-hydrogen) atoms. The van der Waals surface area contributed by atoms with E-state index in [0.717, 1.165) is 16.5 Å². The largest absolute Gasteiger partial charge is 0.507 e. The fourth-order valence-electron chi connectivity index (χ4n) is 3.30. The number of pyridine rings is 1. The highest BCUT2D eigenvalue weighted by Crippen LogP contribution is 2.43. The number of aromatic hydroxyl groups is 2. The van der Waals surface area contributed by atoms with Gasteiger partial charge in [-0.25, -0.2) is 0 Å². The van der Waals surface area contributed by atoms with E-state index < -0.39 is 0 Å². The average Bonchev–Trinajstić information content (AvgIpc) is 3.13. The normalized spacial score (nSPS) is 12.7. The van der Waals surface area contributed by atoms with E-state index in [1.807, 2.05) is 42.8 Å². The number of phenols is 2. The summed E-state index contributed by atoms with van der Waals surface area (Å²) in [6.07, 6.45) is 0. The van der Waals surface area contributed by atoms with Crippen molar-refractivity contribution < 1.29 is 10.2 Å². The monoisotopic (exact) mass is 366 g/mol. The van der Waals surface area contributed by atoms with Crippen molar-refractivity contribution >= 4 is 32.3 Å². The molecule has 4 aromatic rings. The minimum Gasteiger partial charge on any atom is -0.507 e. The van der Waals surface area contributed by atoms with Gasteiger partial charge in [0.15, 0.2) is 0 Å². The summed E-state index contributed by atoms with van der Waals surface area (Å²) in [5, 5.41) is 27.2. The minimum absolute atomic E-state index is 0.0241. The molecule has 0 saturated carbocycles. The van der Waals surface area contributed by atoms with Crippen LogP contribution in [0.15, 0.2) is 46.6 Å². The van der Waals surface area contributed by atoms with Gasteiger partial charge in [0, 0.05) is 28.4 Å². The molecule has 0 amide bonds. The van der Waals surface area contributed by atoms with E-state index in [2.05, 4.69) is 17.2 Å². The van der Waals surface area contributed by atoms with E-state index >= 15 is 0 Å². The van der Waals surface area contributed by atoms with Crippen LogP contribution in [-0.2, 0) is 0 Å². The van der Waals surface area contributed by atoms with Crippen LogP contribution in [0.25, 0.3) is 32.1 Å². The summed E-state index contributed by atoms with van der Waals surface area (Å²) in [7, 11) is 1.90. The van der Waals surface area contributed by atoms with Gasteiger partial charge in [-0.05, 0) is 36.5 Å². The van der Waals surface area contributed by atoms with Crippen LogP contribution >= 0.6 is 11.3 Å². The highest BCUT2D eigenvalue weighted by atomic mass is 32.1. The summed E-state index contributed by atoms with van der Waals surface area (Å²) in [5.74, 6) is -0.171. The van der Waals surface area contributed by atoms with Crippen LogP contribution in [0.3, 0.4) is 0 Å². The summed E-state index contributed by atoms with van der Waals surface area (Å²) in [6.45, 7) is 2.07. The smallest absolute Gasteiger partial charge is 0.266 e. The second-order valence-electron chi connectivity index (χ2n) is 6.29. The highest BCUT2D eigenvalue weighted by Gasteiger charge is 2.18.